The highest BCUT2D eigenvalue weighted by Gasteiger charge is 2.15. The summed E-state index contributed by atoms with van der Waals surface area (Å²) in [5, 5.41) is 7.32. The van der Waals surface area contributed by atoms with Gasteiger partial charge in [0.05, 0.1) is 18.3 Å². The summed E-state index contributed by atoms with van der Waals surface area (Å²) >= 11 is 5.53. The standard InChI is InChI=1S/C20H26N2OS/c1-4-23-19-13-9-8-12-17(19)21-20(24)22-18(14-15(2)3)16-10-6-5-7-11-16/h5-13,15,18H,4,14H2,1-3H3,(H2,21,22,24). The number of nitrogens with one attached hydrogen (secondary N) is 2. The lowest BCUT2D eigenvalue weighted by atomic mass is 9.97. The van der Waals surface area contributed by atoms with Crippen LogP contribution in [0, 0.1) is 5.92 Å². The van der Waals surface area contributed by atoms with Gasteiger partial charge in [0.1, 0.15) is 5.75 Å². The highest BCUT2D eigenvalue weighted by atomic mass is 32.1. The monoisotopic (exact) mass is 342 g/mol. The molecule has 0 amide bonds. The van der Waals surface area contributed by atoms with Crippen LogP contribution < -0.4 is 15.4 Å². The molecular weight excluding hydrogens is 316 g/mol. The largest absolute Gasteiger partial charge is 0.492 e. The zero-order valence-corrected chi connectivity index (χ0v) is 15.4. The number of hydrogen-bond acceptors (Lipinski definition) is 2. The van der Waals surface area contributed by atoms with Gasteiger partial charge in [-0.05, 0) is 49.2 Å². The van der Waals surface area contributed by atoms with Crippen LogP contribution in [0.2, 0.25) is 0 Å². The van der Waals surface area contributed by atoms with Crippen LogP contribution in [-0.2, 0) is 0 Å². The van der Waals surface area contributed by atoms with Crippen molar-refractivity contribution in [3.63, 3.8) is 0 Å². The minimum Gasteiger partial charge on any atom is -0.492 e. The van der Waals surface area contributed by atoms with Crippen molar-refractivity contribution in [2.75, 3.05) is 11.9 Å². The Morgan fingerprint density at radius 2 is 1.71 bits per heavy atom. The third-order valence-corrected chi connectivity index (χ3v) is 3.87. The Hall–Kier alpha value is -2.07. The lowest BCUT2D eigenvalue weighted by Crippen LogP contribution is -2.33. The number of hydrogen-bond donors (Lipinski definition) is 2. The second kappa shape index (κ2) is 9.28. The first-order valence-electron chi connectivity index (χ1n) is 8.44. The van der Waals surface area contributed by atoms with Crippen molar-refractivity contribution in [3.05, 3.63) is 60.2 Å². The zero-order chi connectivity index (χ0) is 17.4. The molecule has 1 atom stereocenters. The van der Waals surface area contributed by atoms with E-state index in [1.807, 2.05) is 37.3 Å². The molecule has 0 bridgehead atoms. The molecule has 0 aliphatic rings. The summed E-state index contributed by atoms with van der Waals surface area (Å²) in [4.78, 5) is 0. The number of thiocarbonyl (C=S) groups is 1. The van der Waals surface area contributed by atoms with Gasteiger partial charge in [0, 0.05) is 0 Å². The molecule has 2 aromatic carbocycles. The van der Waals surface area contributed by atoms with Gasteiger partial charge in [0.25, 0.3) is 0 Å². The van der Waals surface area contributed by atoms with E-state index in [1.54, 1.807) is 0 Å². The smallest absolute Gasteiger partial charge is 0.171 e. The average molecular weight is 343 g/mol. The van der Waals surface area contributed by atoms with Crippen LogP contribution in [-0.4, -0.2) is 11.7 Å². The Balaban J connectivity index is 2.08. The molecule has 2 aromatic rings. The van der Waals surface area contributed by atoms with Crippen molar-refractivity contribution < 1.29 is 4.74 Å². The summed E-state index contributed by atoms with van der Waals surface area (Å²) in [6.07, 6.45) is 1.01. The van der Waals surface area contributed by atoms with E-state index >= 15 is 0 Å². The second-order valence-corrected chi connectivity index (χ2v) is 6.53. The van der Waals surface area contributed by atoms with Gasteiger partial charge in [-0.25, -0.2) is 0 Å². The number of anilines is 1. The molecule has 0 radical (unpaired) electrons. The first-order chi connectivity index (χ1) is 11.6. The highest BCUT2D eigenvalue weighted by Crippen LogP contribution is 2.25. The molecule has 24 heavy (non-hydrogen) atoms. The molecule has 0 saturated heterocycles. The molecule has 4 heteroatoms. The van der Waals surface area contributed by atoms with E-state index in [0.717, 1.165) is 17.9 Å². The maximum atomic E-state index is 5.64. The van der Waals surface area contributed by atoms with Crippen LogP contribution in [0.5, 0.6) is 5.75 Å². The molecule has 0 aliphatic carbocycles. The molecule has 0 heterocycles. The van der Waals surface area contributed by atoms with Crippen LogP contribution in [0.25, 0.3) is 0 Å². The van der Waals surface area contributed by atoms with Crippen molar-refractivity contribution in [1.82, 2.24) is 5.32 Å². The fraction of sp³-hybridized carbons (Fsp3) is 0.350. The lowest BCUT2D eigenvalue weighted by Gasteiger charge is -2.23. The number of para-hydroxylation sites is 2. The fourth-order valence-corrected chi connectivity index (χ4v) is 2.86. The maximum absolute atomic E-state index is 5.64. The lowest BCUT2D eigenvalue weighted by molar-refractivity contribution is 0.342. The van der Waals surface area contributed by atoms with Crippen molar-refractivity contribution in [3.8, 4) is 5.75 Å². The van der Waals surface area contributed by atoms with Gasteiger partial charge < -0.3 is 15.4 Å². The zero-order valence-electron chi connectivity index (χ0n) is 14.6. The minimum absolute atomic E-state index is 0.186. The van der Waals surface area contributed by atoms with Gasteiger partial charge >= 0.3 is 0 Å². The predicted molar refractivity (Wildman–Crippen MR) is 106 cm³/mol. The molecule has 0 fully saturated rings. The van der Waals surface area contributed by atoms with Gasteiger partial charge in [-0.2, -0.15) is 0 Å². The summed E-state index contributed by atoms with van der Waals surface area (Å²) in [5.74, 6) is 1.38. The van der Waals surface area contributed by atoms with E-state index in [0.29, 0.717) is 17.6 Å². The summed E-state index contributed by atoms with van der Waals surface area (Å²) in [6.45, 7) is 7.04. The van der Waals surface area contributed by atoms with Crippen LogP contribution in [0.4, 0.5) is 5.69 Å². The summed E-state index contributed by atoms with van der Waals surface area (Å²) in [6, 6.07) is 18.4. The normalized spacial score (nSPS) is 11.8. The molecule has 0 saturated carbocycles. The van der Waals surface area contributed by atoms with Gasteiger partial charge in [-0.3, -0.25) is 0 Å². The van der Waals surface area contributed by atoms with Crippen molar-refractivity contribution in [2.24, 2.45) is 5.92 Å². The molecule has 0 aliphatic heterocycles. The van der Waals surface area contributed by atoms with E-state index in [1.165, 1.54) is 5.56 Å². The molecule has 0 aromatic heterocycles. The summed E-state index contributed by atoms with van der Waals surface area (Å²) in [7, 11) is 0. The maximum Gasteiger partial charge on any atom is 0.171 e. The molecular formula is C20H26N2OS. The van der Waals surface area contributed by atoms with Crippen LogP contribution in [0.1, 0.15) is 38.8 Å². The highest BCUT2D eigenvalue weighted by molar-refractivity contribution is 7.80. The molecule has 2 rings (SSSR count). The molecule has 3 nitrogen and oxygen atoms in total. The fourth-order valence-electron chi connectivity index (χ4n) is 2.60. The number of rotatable bonds is 7. The van der Waals surface area contributed by atoms with E-state index in [2.05, 4.69) is 48.7 Å². The van der Waals surface area contributed by atoms with Gasteiger partial charge in [-0.1, -0.05) is 56.3 Å². The van der Waals surface area contributed by atoms with E-state index in [9.17, 15) is 0 Å². The molecule has 128 valence electrons. The van der Waals surface area contributed by atoms with Crippen molar-refractivity contribution in [2.45, 2.75) is 33.2 Å². The predicted octanol–water partition coefficient (Wildman–Crippen LogP) is 5.16. The molecule has 0 spiro atoms. The quantitative estimate of drug-likeness (QED) is 0.681. The first-order valence-corrected chi connectivity index (χ1v) is 8.85. The van der Waals surface area contributed by atoms with Crippen molar-refractivity contribution in [1.29, 1.82) is 0 Å². The average Bonchev–Trinajstić information content (AvgIpc) is 2.57. The second-order valence-electron chi connectivity index (χ2n) is 6.12. The van der Waals surface area contributed by atoms with Crippen LogP contribution >= 0.6 is 12.2 Å². The van der Waals surface area contributed by atoms with Gasteiger partial charge in [0.15, 0.2) is 5.11 Å². The van der Waals surface area contributed by atoms with E-state index in [4.69, 9.17) is 17.0 Å². The third-order valence-electron chi connectivity index (χ3n) is 3.65. The Labute approximate surface area is 150 Å². The Morgan fingerprint density at radius 3 is 2.38 bits per heavy atom. The molecule has 2 N–H and O–H groups in total. The third kappa shape index (κ3) is 5.53. The van der Waals surface area contributed by atoms with E-state index in [-0.39, 0.29) is 6.04 Å². The van der Waals surface area contributed by atoms with Crippen LogP contribution in [0.15, 0.2) is 54.6 Å². The number of ether oxygens (including phenoxy) is 1. The summed E-state index contributed by atoms with van der Waals surface area (Å²) < 4.78 is 5.64. The van der Waals surface area contributed by atoms with Crippen molar-refractivity contribution >= 4 is 23.0 Å². The Morgan fingerprint density at radius 1 is 1.04 bits per heavy atom. The first kappa shape index (κ1) is 18.3. The molecule has 1 unspecified atom stereocenters. The summed E-state index contributed by atoms with van der Waals surface area (Å²) in [5.41, 5.74) is 2.13. The van der Waals surface area contributed by atoms with Gasteiger partial charge in [0.2, 0.25) is 0 Å². The van der Waals surface area contributed by atoms with Gasteiger partial charge in [-0.15, -0.1) is 0 Å². The van der Waals surface area contributed by atoms with Crippen LogP contribution in [0.3, 0.4) is 0 Å². The number of benzene rings is 2. The Bertz CT molecular complexity index is 643. The van der Waals surface area contributed by atoms with E-state index < -0.39 is 0 Å². The topological polar surface area (TPSA) is 33.3 Å². The Kier molecular flexibility index (Phi) is 7.07. The SMILES string of the molecule is CCOc1ccccc1NC(=S)NC(CC(C)C)c1ccccc1. The minimum atomic E-state index is 0.186.